The van der Waals surface area contributed by atoms with Gasteiger partial charge < -0.3 is 10.4 Å². The molecule has 94 valence electrons. The van der Waals surface area contributed by atoms with Gasteiger partial charge in [0.1, 0.15) is 0 Å². The molecule has 3 nitrogen and oxygen atoms in total. The Hall–Kier alpha value is -1.51. The van der Waals surface area contributed by atoms with E-state index in [4.69, 9.17) is 5.11 Å². The molecule has 0 radical (unpaired) electrons. The van der Waals surface area contributed by atoms with Gasteiger partial charge in [-0.3, -0.25) is 0 Å². The normalized spacial score (nSPS) is 11.3. The molecule has 0 fully saturated rings. The van der Waals surface area contributed by atoms with Crippen LogP contribution in [0.1, 0.15) is 49.5 Å². The third kappa shape index (κ3) is 3.22. The highest BCUT2D eigenvalue weighted by Gasteiger charge is 2.19. The first-order valence-corrected chi connectivity index (χ1v) is 6.04. The molecule has 2 N–H and O–H groups in total. The third-order valence-electron chi connectivity index (χ3n) is 3.46. The zero-order chi connectivity index (χ0) is 13.1. The zero-order valence-corrected chi connectivity index (χ0v) is 11.0. The van der Waals surface area contributed by atoms with Gasteiger partial charge in [-0.15, -0.1) is 0 Å². The number of rotatable bonds is 5. The van der Waals surface area contributed by atoms with Gasteiger partial charge in [-0.2, -0.15) is 0 Å². The molecule has 17 heavy (non-hydrogen) atoms. The highest BCUT2D eigenvalue weighted by molar-refractivity contribution is 5.89. The summed E-state index contributed by atoms with van der Waals surface area (Å²) in [6.07, 6.45) is 2.06. The van der Waals surface area contributed by atoms with Crippen LogP contribution in [0.2, 0.25) is 0 Å². The van der Waals surface area contributed by atoms with Crippen molar-refractivity contribution in [1.29, 1.82) is 0 Å². The van der Waals surface area contributed by atoms with Crippen LogP contribution in [0.3, 0.4) is 0 Å². The van der Waals surface area contributed by atoms with E-state index in [9.17, 15) is 4.79 Å². The number of nitrogens with one attached hydrogen (secondary N) is 1. The van der Waals surface area contributed by atoms with E-state index in [0.717, 1.165) is 24.1 Å². The largest absolute Gasteiger partial charge is 0.478 e. The number of carboxylic acid groups (broad SMARTS) is 1. The molecular formula is C14H21NO2. The average molecular weight is 235 g/mol. The summed E-state index contributed by atoms with van der Waals surface area (Å²) in [6, 6.07) is 5.39. The van der Waals surface area contributed by atoms with Gasteiger partial charge in [0.15, 0.2) is 0 Å². The van der Waals surface area contributed by atoms with Gasteiger partial charge in [-0.25, -0.2) is 4.79 Å². The predicted octanol–water partition coefficient (Wildman–Crippen LogP) is 3.68. The van der Waals surface area contributed by atoms with Gasteiger partial charge >= 0.3 is 5.97 Å². The molecule has 0 unspecified atom stereocenters. The predicted molar refractivity (Wildman–Crippen MR) is 70.7 cm³/mol. The fourth-order valence-electron chi connectivity index (χ4n) is 1.76. The minimum Gasteiger partial charge on any atom is -0.478 e. The molecule has 0 amide bonds. The van der Waals surface area contributed by atoms with Crippen LogP contribution in [-0.4, -0.2) is 16.6 Å². The number of anilines is 1. The van der Waals surface area contributed by atoms with Crippen LogP contribution in [-0.2, 0) is 0 Å². The number of hydrogen-bond acceptors (Lipinski definition) is 2. The van der Waals surface area contributed by atoms with Gasteiger partial charge in [0.2, 0.25) is 0 Å². The third-order valence-corrected chi connectivity index (χ3v) is 3.46. The fourth-order valence-corrected chi connectivity index (χ4v) is 1.76. The molecule has 0 saturated carbocycles. The number of aromatic carboxylic acids is 1. The molecule has 0 bridgehead atoms. The van der Waals surface area contributed by atoms with Crippen molar-refractivity contribution in [3.63, 3.8) is 0 Å². The second kappa shape index (κ2) is 5.21. The Labute approximate surface area is 103 Å². The first kappa shape index (κ1) is 13.6. The second-order valence-electron chi connectivity index (χ2n) is 4.73. The highest BCUT2D eigenvalue weighted by atomic mass is 16.4. The van der Waals surface area contributed by atoms with Crippen molar-refractivity contribution in [2.75, 3.05) is 5.32 Å². The number of benzene rings is 1. The summed E-state index contributed by atoms with van der Waals surface area (Å²) in [4.78, 5) is 10.9. The SMILES string of the molecule is CCC(C)(CC)Nc1ccc(C(=O)O)c(C)c1. The van der Waals surface area contributed by atoms with Crippen molar-refractivity contribution < 1.29 is 9.90 Å². The second-order valence-corrected chi connectivity index (χ2v) is 4.73. The average Bonchev–Trinajstić information content (AvgIpc) is 2.28. The molecule has 0 atom stereocenters. The maximum atomic E-state index is 10.9. The van der Waals surface area contributed by atoms with Crippen LogP contribution in [0.25, 0.3) is 0 Å². The van der Waals surface area contributed by atoms with Crippen molar-refractivity contribution in [3.05, 3.63) is 29.3 Å². The van der Waals surface area contributed by atoms with Crippen LogP contribution < -0.4 is 5.32 Å². The monoisotopic (exact) mass is 235 g/mol. The molecule has 0 saturated heterocycles. The highest BCUT2D eigenvalue weighted by Crippen LogP contribution is 2.23. The summed E-state index contributed by atoms with van der Waals surface area (Å²) in [5, 5.41) is 12.4. The molecule has 1 rings (SSSR count). The van der Waals surface area contributed by atoms with E-state index in [1.54, 1.807) is 6.07 Å². The Kier molecular flexibility index (Phi) is 4.16. The summed E-state index contributed by atoms with van der Waals surface area (Å²) in [6.45, 7) is 8.29. The fraction of sp³-hybridized carbons (Fsp3) is 0.500. The van der Waals surface area contributed by atoms with Gasteiger partial charge in [-0.1, -0.05) is 13.8 Å². The lowest BCUT2D eigenvalue weighted by Gasteiger charge is -2.29. The zero-order valence-electron chi connectivity index (χ0n) is 11.0. The van der Waals surface area contributed by atoms with E-state index in [1.165, 1.54) is 0 Å². The molecule has 0 aromatic heterocycles. The quantitative estimate of drug-likeness (QED) is 0.818. The van der Waals surface area contributed by atoms with E-state index in [1.807, 2.05) is 19.1 Å². The number of carboxylic acids is 1. The van der Waals surface area contributed by atoms with Crippen molar-refractivity contribution in [2.24, 2.45) is 0 Å². The van der Waals surface area contributed by atoms with Crippen molar-refractivity contribution in [2.45, 2.75) is 46.1 Å². The van der Waals surface area contributed by atoms with Crippen LogP contribution in [0.15, 0.2) is 18.2 Å². The molecule has 0 aliphatic heterocycles. The summed E-state index contributed by atoms with van der Waals surface area (Å²) in [5.41, 5.74) is 2.21. The van der Waals surface area contributed by atoms with Crippen LogP contribution >= 0.6 is 0 Å². The van der Waals surface area contributed by atoms with E-state index < -0.39 is 5.97 Å². The Morgan fingerprint density at radius 3 is 2.35 bits per heavy atom. The molecule has 0 aliphatic rings. The molecule has 0 spiro atoms. The van der Waals surface area contributed by atoms with Gasteiger partial charge in [0, 0.05) is 11.2 Å². The van der Waals surface area contributed by atoms with Crippen LogP contribution in [0.4, 0.5) is 5.69 Å². The topological polar surface area (TPSA) is 49.3 Å². The smallest absolute Gasteiger partial charge is 0.335 e. The van der Waals surface area contributed by atoms with Gasteiger partial charge in [0.25, 0.3) is 0 Å². The number of aryl methyl sites for hydroxylation is 1. The number of hydrogen-bond donors (Lipinski definition) is 2. The summed E-state index contributed by atoms with van der Waals surface area (Å²) < 4.78 is 0. The number of carbonyl (C=O) groups is 1. The van der Waals surface area contributed by atoms with Crippen LogP contribution in [0.5, 0.6) is 0 Å². The van der Waals surface area contributed by atoms with Crippen molar-refractivity contribution in [3.8, 4) is 0 Å². The lowest BCUT2D eigenvalue weighted by atomic mass is 9.95. The van der Waals surface area contributed by atoms with Gasteiger partial charge in [-0.05, 0) is 50.5 Å². The van der Waals surface area contributed by atoms with E-state index >= 15 is 0 Å². The first-order valence-electron chi connectivity index (χ1n) is 6.04. The van der Waals surface area contributed by atoms with Crippen molar-refractivity contribution in [1.82, 2.24) is 0 Å². The standard InChI is InChI=1S/C14H21NO2/c1-5-14(4,6-2)15-11-7-8-12(13(16)17)10(3)9-11/h7-9,15H,5-6H2,1-4H3,(H,16,17). The van der Waals surface area contributed by atoms with E-state index in [2.05, 4.69) is 26.1 Å². The Bertz CT molecular complexity index is 409. The Morgan fingerprint density at radius 1 is 1.35 bits per heavy atom. The lowest BCUT2D eigenvalue weighted by molar-refractivity contribution is 0.0696. The minimum atomic E-state index is -0.872. The maximum absolute atomic E-state index is 10.9. The molecule has 3 heteroatoms. The molecular weight excluding hydrogens is 214 g/mol. The van der Waals surface area contributed by atoms with Gasteiger partial charge in [0.05, 0.1) is 5.56 Å². The lowest BCUT2D eigenvalue weighted by Crippen LogP contribution is -2.32. The summed E-state index contributed by atoms with van der Waals surface area (Å²) >= 11 is 0. The minimum absolute atomic E-state index is 0.0666. The Balaban J connectivity index is 2.95. The maximum Gasteiger partial charge on any atom is 0.335 e. The van der Waals surface area contributed by atoms with Crippen LogP contribution in [0, 0.1) is 6.92 Å². The summed E-state index contributed by atoms with van der Waals surface area (Å²) in [7, 11) is 0. The molecule has 1 aromatic rings. The molecule has 0 aliphatic carbocycles. The Morgan fingerprint density at radius 2 is 1.94 bits per heavy atom. The van der Waals surface area contributed by atoms with Crippen molar-refractivity contribution >= 4 is 11.7 Å². The summed E-state index contributed by atoms with van der Waals surface area (Å²) in [5.74, 6) is -0.872. The van der Waals surface area contributed by atoms with E-state index in [0.29, 0.717) is 5.56 Å². The van der Waals surface area contributed by atoms with E-state index in [-0.39, 0.29) is 5.54 Å². The molecule has 0 heterocycles. The molecule has 1 aromatic carbocycles. The first-order chi connectivity index (χ1) is 7.91.